The molecule has 4 aliphatic carbocycles. The molecule has 2 aromatic rings. The number of benzene rings is 1. The second-order valence-corrected chi connectivity index (χ2v) is 9.22. The van der Waals surface area contributed by atoms with Gasteiger partial charge in [-0.25, -0.2) is 9.37 Å². The summed E-state index contributed by atoms with van der Waals surface area (Å²) in [5, 5.41) is 6.48. The van der Waals surface area contributed by atoms with Crippen molar-refractivity contribution in [3.05, 3.63) is 41.8 Å². The Morgan fingerprint density at radius 3 is 2.42 bits per heavy atom. The summed E-state index contributed by atoms with van der Waals surface area (Å²) in [6.45, 7) is -0.230. The molecular weight excluding hydrogens is 446 g/mol. The Bertz CT molecular complexity index is 1100. The van der Waals surface area contributed by atoms with Gasteiger partial charge >= 0.3 is 6.36 Å². The molecule has 1 aromatic heterocycles. The summed E-state index contributed by atoms with van der Waals surface area (Å²) in [4.78, 5) is 29.1. The zero-order valence-corrected chi connectivity index (χ0v) is 17.4. The van der Waals surface area contributed by atoms with E-state index in [1.165, 1.54) is 18.2 Å². The average Bonchev–Trinajstić information content (AvgIpc) is 2.65. The Morgan fingerprint density at radius 1 is 1.03 bits per heavy atom. The molecule has 4 aliphatic rings. The number of nitrogens with zero attached hydrogens (tertiary/aromatic N) is 1. The lowest BCUT2D eigenvalue weighted by Crippen LogP contribution is -2.84. The van der Waals surface area contributed by atoms with Crippen LogP contribution < -0.4 is 10.6 Å². The van der Waals surface area contributed by atoms with E-state index < -0.39 is 18.6 Å². The van der Waals surface area contributed by atoms with Gasteiger partial charge in [0, 0.05) is 29.3 Å². The highest BCUT2D eigenvalue weighted by atomic mass is 19.4. The molecule has 0 radical (unpaired) electrons. The minimum absolute atomic E-state index is 0.102. The lowest BCUT2D eigenvalue weighted by molar-refractivity contribution is -0.357. The van der Waals surface area contributed by atoms with E-state index in [-0.39, 0.29) is 53.9 Å². The summed E-state index contributed by atoms with van der Waals surface area (Å²) in [5.41, 5.74) is -0.0172. The van der Waals surface area contributed by atoms with Crippen LogP contribution in [0.15, 0.2) is 30.3 Å². The van der Waals surface area contributed by atoms with Crippen LogP contribution in [-0.4, -0.2) is 53.1 Å². The molecule has 6 rings (SSSR count). The second-order valence-electron chi connectivity index (χ2n) is 9.22. The number of ether oxygens (including phenoxy) is 2. The van der Waals surface area contributed by atoms with Gasteiger partial charge in [0.15, 0.2) is 0 Å². The van der Waals surface area contributed by atoms with Gasteiger partial charge in [-0.3, -0.25) is 14.3 Å². The maximum atomic E-state index is 13.3. The smallest absolute Gasteiger partial charge is 0.368 e. The van der Waals surface area contributed by atoms with Crippen molar-refractivity contribution in [1.82, 2.24) is 15.6 Å². The number of amides is 2. The first kappa shape index (κ1) is 22.0. The van der Waals surface area contributed by atoms with Crippen molar-refractivity contribution >= 4 is 22.7 Å². The highest BCUT2D eigenvalue weighted by molar-refractivity contribution is 5.95. The van der Waals surface area contributed by atoms with Crippen molar-refractivity contribution in [1.29, 1.82) is 0 Å². The first-order chi connectivity index (χ1) is 15.5. The van der Waals surface area contributed by atoms with E-state index in [1.807, 2.05) is 0 Å². The molecule has 176 valence electrons. The standard InChI is InChI=1S/C22H21F4N3O4/c23-13-2-4-16-12(5-13)1-3-17(27-16)19(31)29-21-9-20(10-21,11-21)28-18(30)8-32-14-6-15(7-14)33-22(24,25)26/h1-5,14-15H,6-11H2,(H,28,30)(H,29,31)/t14-,15+,20?,21?. The number of hydrogen-bond acceptors (Lipinski definition) is 5. The van der Waals surface area contributed by atoms with E-state index in [4.69, 9.17) is 4.74 Å². The molecule has 4 saturated carbocycles. The van der Waals surface area contributed by atoms with Crippen molar-refractivity contribution in [2.24, 2.45) is 0 Å². The third-order valence-corrected chi connectivity index (χ3v) is 6.50. The molecule has 2 bridgehead atoms. The number of aromatic nitrogens is 1. The minimum Gasteiger partial charge on any atom is -0.368 e. The normalized spacial score (nSPS) is 30.1. The molecule has 0 spiro atoms. The van der Waals surface area contributed by atoms with Gasteiger partial charge in [-0.2, -0.15) is 0 Å². The monoisotopic (exact) mass is 467 g/mol. The number of halogens is 4. The number of fused-ring (bicyclic) bond motifs is 1. The van der Waals surface area contributed by atoms with Gasteiger partial charge < -0.3 is 15.4 Å². The number of nitrogens with one attached hydrogen (secondary N) is 2. The Balaban J connectivity index is 1.05. The SMILES string of the molecule is O=C(CO[C@H]1C[C@@H](OC(F)(F)F)C1)NC12CC(NC(=O)c3ccc4cc(F)ccc4n3)(C1)C2. The van der Waals surface area contributed by atoms with Gasteiger partial charge in [0.1, 0.15) is 18.1 Å². The molecule has 1 aromatic carbocycles. The molecule has 0 atom stereocenters. The summed E-state index contributed by atoms with van der Waals surface area (Å²) in [6.07, 6.45) is -4.05. The van der Waals surface area contributed by atoms with Crippen LogP contribution in [0, 0.1) is 5.82 Å². The van der Waals surface area contributed by atoms with E-state index in [2.05, 4.69) is 20.4 Å². The fourth-order valence-electron chi connectivity index (χ4n) is 5.04. The van der Waals surface area contributed by atoms with Crippen molar-refractivity contribution in [2.45, 2.75) is 61.8 Å². The van der Waals surface area contributed by atoms with Crippen LogP contribution in [-0.2, 0) is 14.3 Å². The molecule has 2 N–H and O–H groups in total. The quantitative estimate of drug-likeness (QED) is 0.612. The number of alkyl halides is 3. The third-order valence-electron chi connectivity index (χ3n) is 6.50. The van der Waals surface area contributed by atoms with E-state index >= 15 is 0 Å². The highest BCUT2D eigenvalue weighted by Gasteiger charge is 2.69. The van der Waals surface area contributed by atoms with Crippen molar-refractivity contribution in [2.75, 3.05) is 6.61 Å². The van der Waals surface area contributed by atoms with E-state index in [0.29, 0.717) is 30.2 Å². The van der Waals surface area contributed by atoms with E-state index in [1.54, 1.807) is 12.1 Å². The number of pyridine rings is 1. The van der Waals surface area contributed by atoms with Gasteiger partial charge in [0.05, 0.1) is 17.7 Å². The van der Waals surface area contributed by atoms with E-state index in [0.717, 1.165) is 0 Å². The summed E-state index contributed by atoms with van der Waals surface area (Å²) in [7, 11) is 0. The zero-order chi connectivity index (χ0) is 23.4. The molecule has 11 heteroatoms. The predicted octanol–water partition coefficient (Wildman–Crippen LogP) is 2.98. The summed E-state index contributed by atoms with van der Waals surface area (Å²) in [6, 6.07) is 7.34. The Hall–Kier alpha value is -2.79. The van der Waals surface area contributed by atoms with Crippen LogP contribution in [0.1, 0.15) is 42.6 Å². The Kier molecular flexibility index (Phi) is 5.09. The van der Waals surface area contributed by atoms with E-state index in [9.17, 15) is 27.2 Å². The van der Waals surface area contributed by atoms with Crippen LogP contribution in [0.5, 0.6) is 0 Å². The third kappa shape index (κ3) is 4.51. The summed E-state index contributed by atoms with van der Waals surface area (Å²) < 4.78 is 58.9. The summed E-state index contributed by atoms with van der Waals surface area (Å²) in [5.74, 6) is -1.04. The van der Waals surface area contributed by atoms with Gasteiger partial charge in [-0.1, -0.05) is 6.07 Å². The van der Waals surface area contributed by atoms with Gasteiger partial charge in [-0.05, 0) is 43.5 Å². The minimum atomic E-state index is -4.66. The predicted molar refractivity (Wildman–Crippen MR) is 107 cm³/mol. The van der Waals surface area contributed by atoms with Gasteiger partial charge in [0.2, 0.25) is 5.91 Å². The van der Waals surface area contributed by atoms with Crippen LogP contribution in [0.3, 0.4) is 0 Å². The first-order valence-corrected chi connectivity index (χ1v) is 10.6. The fraction of sp³-hybridized carbons (Fsp3) is 0.500. The second kappa shape index (κ2) is 7.63. The average molecular weight is 467 g/mol. The molecule has 0 unspecified atom stereocenters. The topological polar surface area (TPSA) is 89.5 Å². The van der Waals surface area contributed by atoms with Crippen LogP contribution in [0.2, 0.25) is 0 Å². The van der Waals surface area contributed by atoms with Crippen LogP contribution in [0.25, 0.3) is 10.9 Å². The first-order valence-electron chi connectivity index (χ1n) is 10.6. The van der Waals surface area contributed by atoms with Crippen molar-refractivity contribution < 1.29 is 36.6 Å². The molecular formula is C22H21F4N3O4. The molecule has 2 amide bonds. The van der Waals surface area contributed by atoms with Crippen LogP contribution in [0.4, 0.5) is 17.6 Å². The largest absolute Gasteiger partial charge is 0.522 e. The molecule has 1 heterocycles. The lowest BCUT2D eigenvalue weighted by Gasteiger charge is -2.70. The molecule has 4 fully saturated rings. The lowest BCUT2D eigenvalue weighted by atomic mass is 9.44. The maximum Gasteiger partial charge on any atom is 0.522 e. The Morgan fingerprint density at radius 2 is 1.73 bits per heavy atom. The highest BCUT2D eigenvalue weighted by Crippen LogP contribution is 2.60. The van der Waals surface area contributed by atoms with Gasteiger partial charge in [-0.15, -0.1) is 13.2 Å². The number of hydrogen-bond donors (Lipinski definition) is 2. The van der Waals surface area contributed by atoms with Gasteiger partial charge in [0.25, 0.3) is 5.91 Å². The zero-order valence-electron chi connectivity index (χ0n) is 17.4. The molecule has 33 heavy (non-hydrogen) atoms. The maximum absolute atomic E-state index is 13.3. The summed E-state index contributed by atoms with van der Waals surface area (Å²) >= 11 is 0. The number of rotatable bonds is 7. The number of carbonyl (C=O) groups is 2. The molecule has 0 aliphatic heterocycles. The molecule has 7 nitrogen and oxygen atoms in total. The molecule has 0 saturated heterocycles. The fourth-order valence-corrected chi connectivity index (χ4v) is 5.04. The van der Waals surface area contributed by atoms with Crippen molar-refractivity contribution in [3.63, 3.8) is 0 Å². The van der Waals surface area contributed by atoms with Crippen LogP contribution >= 0.6 is 0 Å². The number of carbonyl (C=O) groups excluding carboxylic acids is 2. The Labute approximate surface area is 185 Å². The van der Waals surface area contributed by atoms with Crippen molar-refractivity contribution in [3.8, 4) is 0 Å².